The van der Waals surface area contributed by atoms with Crippen molar-refractivity contribution in [3.05, 3.63) is 48.0 Å². The highest BCUT2D eigenvalue weighted by Crippen LogP contribution is 2.27. The van der Waals surface area contributed by atoms with Gasteiger partial charge in [-0.1, -0.05) is 12.1 Å². The van der Waals surface area contributed by atoms with Gasteiger partial charge in [-0.3, -0.25) is 9.52 Å². The molecule has 0 atom stereocenters. The second-order valence-corrected chi connectivity index (χ2v) is 6.87. The number of carbonyl (C=O) groups excluding carboxylic acids is 1. The SMILES string of the molecule is CCOc1ccccc1NS(=O)(=O)c1ccc(NC(C)=O)c(C)c1. The minimum absolute atomic E-state index is 0.111. The van der Waals surface area contributed by atoms with E-state index < -0.39 is 10.0 Å². The van der Waals surface area contributed by atoms with E-state index in [-0.39, 0.29) is 10.8 Å². The van der Waals surface area contributed by atoms with Crippen LogP contribution in [-0.2, 0) is 14.8 Å². The zero-order chi connectivity index (χ0) is 17.7. The summed E-state index contributed by atoms with van der Waals surface area (Å²) >= 11 is 0. The summed E-state index contributed by atoms with van der Waals surface area (Å²) in [5.74, 6) is 0.257. The van der Waals surface area contributed by atoms with Crippen LogP contribution in [0.4, 0.5) is 11.4 Å². The lowest BCUT2D eigenvalue weighted by molar-refractivity contribution is -0.114. The molecule has 2 N–H and O–H groups in total. The van der Waals surface area contributed by atoms with E-state index in [1.54, 1.807) is 37.3 Å². The summed E-state index contributed by atoms with van der Waals surface area (Å²) in [5, 5.41) is 2.65. The van der Waals surface area contributed by atoms with E-state index >= 15 is 0 Å². The fourth-order valence-electron chi connectivity index (χ4n) is 2.17. The third-order valence-electron chi connectivity index (χ3n) is 3.25. The number of para-hydroxylation sites is 2. The summed E-state index contributed by atoms with van der Waals surface area (Å²) < 4.78 is 33.1. The predicted molar refractivity (Wildman–Crippen MR) is 93.9 cm³/mol. The maximum Gasteiger partial charge on any atom is 0.262 e. The highest BCUT2D eigenvalue weighted by molar-refractivity contribution is 7.92. The van der Waals surface area contributed by atoms with Crippen LogP contribution in [0, 0.1) is 6.92 Å². The standard InChI is InChI=1S/C17H20N2O4S/c1-4-23-17-8-6-5-7-16(17)19-24(21,22)14-9-10-15(12(2)11-14)18-13(3)20/h5-11,19H,4H2,1-3H3,(H,18,20). The molecule has 0 aliphatic carbocycles. The monoisotopic (exact) mass is 348 g/mol. The average Bonchev–Trinajstić information content (AvgIpc) is 2.51. The number of amides is 1. The van der Waals surface area contributed by atoms with Gasteiger partial charge in [0.25, 0.3) is 10.0 Å². The number of hydrogen-bond donors (Lipinski definition) is 2. The number of hydrogen-bond acceptors (Lipinski definition) is 4. The van der Waals surface area contributed by atoms with Crippen LogP contribution in [0.1, 0.15) is 19.4 Å². The van der Waals surface area contributed by atoms with Gasteiger partial charge in [-0.15, -0.1) is 0 Å². The Kier molecular flexibility index (Phi) is 5.46. The molecular weight excluding hydrogens is 328 g/mol. The Bertz CT molecular complexity index is 847. The maximum atomic E-state index is 12.6. The number of carbonyl (C=O) groups is 1. The third kappa shape index (κ3) is 4.26. The first-order valence-corrected chi connectivity index (χ1v) is 8.94. The quantitative estimate of drug-likeness (QED) is 0.840. The van der Waals surface area contributed by atoms with E-state index in [0.29, 0.717) is 29.3 Å². The zero-order valence-electron chi connectivity index (χ0n) is 13.8. The first-order valence-electron chi connectivity index (χ1n) is 7.46. The zero-order valence-corrected chi connectivity index (χ0v) is 14.6. The molecule has 0 bridgehead atoms. The molecule has 0 aliphatic heterocycles. The molecule has 0 unspecified atom stereocenters. The normalized spacial score (nSPS) is 11.0. The van der Waals surface area contributed by atoms with Crippen LogP contribution in [0.3, 0.4) is 0 Å². The number of ether oxygens (including phenoxy) is 1. The van der Waals surface area contributed by atoms with E-state index in [0.717, 1.165) is 0 Å². The minimum atomic E-state index is -3.76. The number of nitrogens with one attached hydrogen (secondary N) is 2. The number of sulfonamides is 1. The van der Waals surface area contributed by atoms with Crippen molar-refractivity contribution in [1.29, 1.82) is 0 Å². The van der Waals surface area contributed by atoms with Crippen molar-refractivity contribution in [2.24, 2.45) is 0 Å². The van der Waals surface area contributed by atoms with E-state index in [2.05, 4.69) is 10.0 Å². The Morgan fingerprint density at radius 1 is 1.12 bits per heavy atom. The molecule has 1 amide bonds. The summed E-state index contributed by atoms with van der Waals surface area (Å²) in [6.45, 7) is 5.40. The van der Waals surface area contributed by atoms with Crippen molar-refractivity contribution in [3.63, 3.8) is 0 Å². The van der Waals surface area contributed by atoms with E-state index in [1.807, 2.05) is 6.92 Å². The maximum absolute atomic E-state index is 12.6. The first-order chi connectivity index (χ1) is 11.3. The molecule has 0 saturated carbocycles. The van der Waals surface area contributed by atoms with Crippen LogP contribution >= 0.6 is 0 Å². The number of anilines is 2. The first kappa shape index (κ1) is 17.8. The topological polar surface area (TPSA) is 84.5 Å². The lowest BCUT2D eigenvalue weighted by Crippen LogP contribution is -2.15. The molecule has 0 heterocycles. The Morgan fingerprint density at radius 3 is 2.46 bits per heavy atom. The smallest absolute Gasteiger partial charge is 0.262 e. The van der Waals surface area contributed by atoms with Crippen molar-refractivity contribution in [2.75, 3.05) is 16.6 Å². The third-order valence-corrected chi connectivity index (χ3v) is 4.61. The molecule has 0 aliphatic rings. The van der Waals surface area contributed by atoms with Crippen molar-refractivity contribution in [1.82, 2.24) is 0 Å². The molecule has 0 aromatic heterocycles. The molecule has 0 radical (unpaired) electrons. The second-order valence-electron chi connectivity index (χ2n) is 5.19. The summed E-state index contributed by atoms with van der Waals surface area (Å²) in [6.07, 6.45) is 0. The molecule has 0 saturated heterocycles. The second kappa shape index (κ2) is 7.35. The molecule has 0 fully saturated rings. The Balaban J connectivity index is 2.31. The van der Waals surface area contributed by atoms with Gasteiger partial charge in [0.15, 0.2) is 0 Å². The lowest BCUT2D eigenvalue weighted by Gasteiger charge is -2.14. The highest BCUT2D eigenvalue weighted by Gasteiger charge is 2.17. The fraction of sp³-hybridized carbons (Fsp3) is 0.235. The van der Waals surface area contributed by atoms with Gasteiger partial charge in [0, 0.05) is 12.6 Å². The van der Waals surface area contributed by atoms with Crippen molar-refractivity contribution in [2.45, 2.75) is 25.7 Å². The highest BCUT2D eigenvalue weighted by atomic mass is 32.2. The molecular formula is C17H20N2O4S. The van der Waals surface area contributed by atoms with Gasteiger partial charge in [0.2, 0.25) is 5.91 Å². The van der Waals surface area contributed by atoms with Crippen LogP contribution in [-0.4, -0.2) is 20.9 Å². The molecule has 24 heavy (non-hydrogen) atoms. The molecule has 2 rings (SSSR count). The van der Waals surface area contributed by atoms with Gasteiger partial charge in [-0.25, -0.2) is 8.42 Å². The number of benzene rings is 2. The fourth-order valence-corrected chi connectivity index (χ4v) is 3.32. The van der Waals surface area contributed by atoms with Gasteiger partial charge < -0.3 is 10.1 Å². The van der Waals surface area contributed by atoms with E-state index in [1.165, 1.54) is 19.1 Å². The van der Waals surface area contributed by atoms with Gasteiger partial charge >= 0.3 is 0 Å². The van der Waals surface area contributed by atoms with Crippen molar-refractivity contribution in [3.8, 4) is 5.75 Å². The van der Waals surface area contributed by atoms with Crippen molar-refractivity contribution >= 4 is 27.3 Å². The van der Waals surface area contributed by atoms with E-state index in [4.69, 9.17) is 4.74 Å². The molecule has 128 valence electrons. The Hall–Kier alpha value is -2.54. The van der Waals surface area contributed by atoms with Crippen LogP contribution in [0.5, 0.6) is 5.75 Å². The van der Waals surface area contributed by atoms with Crippen LogP contribution in [0.15, 0.2) is 47.4 Å². The summed E-state index contributed by atoms with van der Waals surface area (Å²) in [5.41, 5.74) is 1.62. The minimum Gasteiger partial charge on any atom is -0.492 e. The van der Waals surface area contributed by atoms with Crippen LogP contribution in [0.2, 0.25) is 0 Å². The Labute approximate surface area is 141 Å². The van der Waals surface area contributed by atoms with E-state index in [9.17, 15) is 13.2 Å². The number of aryl methyl sites for hydroxylation is 1. The Morgan fingerprint density at radius 2 is 1.83 bits per heavy atom. The van der Waals surface area contributed by atoms with Crippen molar-refractivity contribution < 1.29 is 17.9 Å². The average molecular weight is 348 g/mol. The van der Waals surface area contributed by atoms with Gasteiger partial charge in [0.1, 0.15) is 5.75 Å². The largest absolute Gasteiger partial charge is 0.492 e. The molecule has 6 nitrogen and oxygen atoms in total. The molecule has 0 spiro atoms. The summed E-state index contributed by atoms with van der Waals surface area (Å²) in [7, 11) is -3.76. The van der Waals surface area contributed by atoms with Gasteiger partial charge in [-0.2, -0.15) is 0 Å². The van der Waals surface area contributed by atoms with Crippen LogP contribution < -0.4 is 14.8 Å². The van der Waals surface area contributed by atoms with Gasteiger partial charge in [0.05, 0.1) is 17.2 Å². The van der Waals surface area contributed by atoms with Crippen LogP contribution in [0.25, 0.3) is 0 Å². The molecule has 7 heteroatoms. The predicted octanol–water partition coefficient (Wildman–Crippen LogP) is 3.15. The summed E-state index contributed by atoms with van der Waals surface area (Å²) in [6, 6.07) is 11.4. The number of rotatable bonds is 6. The summed E-state index contributed by atoms with van der Waals surface area (Å²) in [4.78, 5) is 11.2. The molecule has 2 aromatic carbocycles. The molecule has 2 aromatic rings. The lowest BCUT2D eigenvalue weighted by atomic mass is 10.2. The van der Waals surface area contributed by atoms with Gasteiger partial charge in [-0.05, 0) is 49.7 Å².